The molecule has 0 spiro atoms. The van der Waals surface area contributed by atoms with E-state index in [0.29, 0.717) is 10.7 Å². The Balaban J connectivity index is 2.28. The van der Waals surface area contributed by atoms with E-state index in [2.05, 4.69) is 43.8 Å². The van der Waals surface area contributed by atoms with Crippen LogP contribution in [0.1, 0.15) is 10.4 Å². The van der Waals surface area contributed by atoms with Crippen LogP contribution in [0, 0.1) is 9.39 Å². The van der Waals surface area contributed by atoms with E-state index in [0.717, 1.165) is 3.57 Å². The standard InChI is InChI=1S/C13H7BrClFINO/c14-12-8(2-1-3-9(12)16)13(19)18-11-5-4-7(15)6-10(11)17/h1-6H,(H,18,19). The van der Waals surface area contributed by atoms with E-state index in [1.807, 2.05) is 0 Å². The van der Waals surface area contributed by atoms with Gasteiger partial charge in [-0.1, -0.05) is 17.7 Å². The second-order valence-corrected chi connectivity index (χ2v) is 6.07. The number of rotatable bonds is 2. The SMILES string of the molecule is O=C(Nc1ccc(Cl)cc1I)c1cccc(F)c1Br. The van der Waals surface area contributed by atoms with E-state index >= 15 is 0 Å². The number of carbonyl (C=O) groups excluding carboxylic acids is 1. The van der Waals surface area contributed by atoms with Gasteiger partial charge in [0.15, 0.2) is 0 Å². The van der Waals surface area contributed by atoms with Crippen molar-refractivity contribution in [1.29, 1.82) is 0 Å². The highest BCUT2D eigenvalue weighted by molar-refractivity contribution is 14.1. The van der Waals surface area contributed by atoms with Gasteiger partial charge in [0.1, 0.15) is 5.82 Å². The maximum atomic E-state index is 13.4. The normalized spacial score (nSPS) is 10.3. The summed E-state index contributed by atoms with van der Waals surface area (Å²) in [6.45, 7) is 0. The lowest BCUT2D eigenvalue weighted by molar-refractivity contribution is 0.102. The molecule has 0 atom stereocenters. The van der Waals surface area contributed by atoms with Crippen molar-refractivity contribution in [2.45, 2.75) is 0 Å². The van der Waals surface area contributed by atoms with Crippen LogP contribution in [-0.2, 0) is 0 Å². The molecule has 98 valence electrons. The lowest BCUT2D eigenvalue weighted by Crippen LogP contribution is -2.13. The summed E-state index contributed by atoms with van der Waals surface area (Å²) in [7, 11) is 0. The van der Waals surface area contributed by atoms with Crippen molar-refractivity contribution in [3.63, 3.8) is 0 Å². The fraction of sp³-hybridized carbons (Fsp3) is 0. The number of anilines is 1. The molecular weight excluding hydrogens is 447 g/mol. The molecule has 6 heteroatoms. The minimum absolute atomic E-state index is 0.150. The molecule has 19 heavy (non-hydrogen) atoms. The van der Waals surface area contributed by atoms with Crippen LogP contribution in [0.3, 0.4) is 0 Å². The monoisotopic (exact) mass is 453 g/mol. The molecule has 2 nitrogen and oxygen atoms in total. The second-order valence-electron chi connectivity index (χ2n) is 3.68. The summed E-state index contributed by atoms with van der Waals surface area (Å²) in [5, 5.41) is 3.31. The van der Waals surface area contributed by atoms with Crippen molar-refractivity contribution < 1.29 is 9.18 Å². The molecule has 0 aliphatic heterocycles. The first-order chi connectivity index (χ1) is 8.99. The highest BCUT2D eigenvalue weighted by Gasteiger charge is 2.14. The molecular formula is C13H7BrClFINO. The summed E-state index contributed by atoms with van der Waals surface area (Å²) < 4.78 is 14.3. The Labute approximate surface area is 136 Å². The summed E-state index contributed by atoms with van der Waals surface area (Å²) in [5.41, 5.74) is 0.872. The van der Waals surface area contributed by atoms with E-state index in [9.17, 15) is 9.18 Å². The lowest BCUT2D eigenvalue weighted by Gasteiger charge is -2.09. The minimum Gasteiger partial charge on any atom is -0.321 e. The van der Waals surface area contributed by atoms with E-state index in [-0.39, 0.29) is 15.9 Å². The van der Waals surface area contributed by atoms with Gasteiger partial charge < -0.3 is 5.32 Å². The van der Waals surface area contributed by atoms with Crippen molar-refractivity contribution >= 4 is 61.7 Å². The highest BCUT2D eigenvalue weighted by Crippen LogP contribution is 2.25. The lowest BCUT2D eigenvalue weighted by atomic mass is 10.2. The number of amides is 1. The first kappa shape index (κ1) is 14.7. The fourth-order valence-electron chi connectivity index (χ4n) is 1.46. The van der Waals surface area contributed by atoms with Crippen LogP contribution in [0.5, 0.6) is 0 Å². The number of carbonyl (C=O) groups is 1. The summed E-state index contributed by atoms with van der Waals surface area (Å²) in [5.74, 6) is -0.856. The largest absolute Gasteiger partial charge is 0.321 e. The Morgan fingerprint density at radius 2 is 2.05 bits per heavy atom. The summed E-state index contributed by atoms with van der Waals surface area (Å²) in [6.07, 6.45) is 0. The predicted molar refractivity (Wildman–Crippen MR) is 86.2 cm³/mol. The molecule has 0 saturated carbocycles. The number of halogens is 4. The van der Waals surface area contributed by atoms with Gasteiger partial charge in [-0.2, -0.15) is 0 Å². The zero-order valence-corrected chi connectivity index (χ0v) is 13.9. The van der Waals surface area contributed by atoms with Gasteiger partial charge in [0.2, 0.25) is 0 Å². The van der Waals surface area contributed by atoms with Gasteiger partial charge in [-0.3, -0.25) is 4.79 Å². The molecule has 0 heterocycles. The molecule has 0 aromatic heterocycles. The number of benzene rings is 2. The van der Waals surface area contributed by atoms with Gasteiger partial charge in [-0.05, 0) is 68.9 Å². The van der Waals surface area contributed by atoms with E-state index in [4.69, 9.17) is 11.6 Å². The molecule has 0 aliphatic rings. The Morgan fingerprint density at radius 1 is 1.32 bits per heavy atom. The summed E-state index contributed by atoms with van der Waals surface area (Å²) in [6, 6.07) is 9.44. The quantitative estimate of drug-likeness (QED) is 0.629. The Kier molecular flexibility index (Phi) is 4.81. The van der Waals surface area contributed by atoms with Crippen LogP contribution in [0.4, 0.5) is 10.1 Å². The molecule has 2 aromatic carbocycles. The molecule has 0 fully saturated rings. The number of nitrogens with one attached hydrogen (secondary N) is 1. The van der Waals surface area contributed by atoms with Crippen molar-refractivity contribution in [1.82, 2.24) is 0 Å². The summed E-state index contributed by atoms with van der Waals surface area (Å²) in [4.78, 5) is 12.1. The summed E-state index contributed by atoms with van der Waals surface area (Å²) >= 11 is 11.0. The van der Waals surface area contributed by atoms with E-state index in [1.165, 1.54) is 12.1 Å². The zero-order chi connectivity index (χ0) is 14.0. The molecule has 2 aromatic rings. The van der Waals surface area contributed by atoms with Crippen LogP contribution in [0.15, 0.2) is 40.9 Å². The zero-order valence-electron chi connectivity index (χ0n) is 9.38. The Bertz CT molecular complexity index is 651. The molecule has 0 aliphatic carbocycles. The first-order valence-corrected chi connectivity index (χ1v) is 7.44. The van der Waals surface area contributed by atoms with Crippen molar-refractivity contribution in [3.05, 3.63) is 60.8 Å². The maximum absolute atomic E-state index is 13.4. The topological polar surface area (TPSA) is 29.1 Å². The first-order valence-electron chi connectivity index (χ1n) is 5.19. The molecule has 0 radical (unpaired) electrons. The van der Waals surface area contributed by atoms with Crippen LogP contribution < -0.4 is 5.32 Å². The smallest absolute Gasteiger partial charge is 0.256 e. The average molecular weight is 454 g/mol. The van der Waals surface area contributed by atoms with Crippen LogP contribution in [0.25, 0.3) is 0 Å². The molecule has 0 unspecified atom stereocenters. The van der Waals surface area contributed by atoms with Crippen LogP contribution in [-0.4, -0.2) is 5.91 Å². The van der Waals surface area contributed by atoms with Gasteiger partial charge in [-0.15, -0.1) is 0 Å². The fourth-order valence-corrected chi connectivity index (χ4v) is 2.91. The van der Waals surface area contributed by atoms with Gasteiger partial charge in [0.05, 0.1) is 15.7 Å². The third-order valence-electron chi connectivity index (χ3n) is 2.38. The van der Waals surface area contributed by atoms with Crippen LogP contribution in [0.2, 0.25) is 5.02 Å². The minimum atomic E-state index is -0.474. The molecule has 2 rings (SSSR count). The Hall–Kier alpha value is -0.660. The van der Waals surface area contributed by atoms with Crippen molar-refractivity contribution in [2.24, 2.45) is 0 Å². The molecule has 0 saturated heterocycles. The second kappa shape index (κ2) is 6.19. The molecule has 1 N–H and O–H groups in total. The average Bonchev–Trinajstić information content (AvgIpc) is 2.36. The highest BCUT2D eigenvalue weighted by atomic mass is 127. The van der Waals surface area contributed by atoms with Gasteiger partial charge in [0, 0.05) is 8.59 Å². The van der Waals surface area contributed by atoms with Gasteiger partial charge in [-0.25, -0.2) is 4.39 Å². The maximum Gasteiger partial charge on any atom is 0.256 e. The van der Waals surface area contributed by atoms with Crippen molar-refractivity contribution in [2.75, 3.05) is 5.32 Å². The van der Waals surface area contributed by atoms with Gasteiger partial charge >= 0.3 is 0 Å². The van der Waals surface area contributed by atoms with Crippen LogP contribution >= 0.6 is 50.1 Å². The van der Waals surface area contributed by atoms with Crippen molar-refractivity contribution in [3.8, 4) is 0 Å². The third-order valence-corrected chi connectivity index (χ3v) is 4.31. The van der Waals surface area contributed by atoms with Gasteiger partial charge in [0.25, 0.3) is 5.91 Å². The Morgan fingerprint density at radius 3 is 2.74 bits per heavy atom. The number of hydrogen-bond acceptors (Lipinski definition) is 1. The van der Waals surface area contributed by atoms with E-state index < -0.39 is 5.82 Å². The predicted octanol–water partition coefficient (Wildman–Crippen LogP) is 5.10. The molecule has 0 bridgehead atoms. The molecule has 1 amide bonds. The van der Waals surface area contributed by atoms with E-state index in [1.54, 1.807) is 24.3 Å². The third kappa shape index (κ3) is 3.46. The number of hydrogen-bond donors (Lipinski definition) is 1.